The molecule has 18 heavy (non-hydrogen) atoms. The van der Waals surface area contributed by atoms with E-state index in [1.165, 1.54) is 11.1 Å². The van der Waals surface area contributed by atoms with Gasteiger partial charge in [0.1, 0.15) is 0 Å². The van der Waals surface area contributed by atoms with E-state index in [0.717, 1.165) is 0 Å². The standard InChI is InChI=1S/C14H19N3O/c1-10-5-4-6-11(7-10)8-12-16-13(18-17-12)14(2,3)9-15/h4-7H,8-9,15H2,1-3H3. The van der Waals surface area contributed by atoms with Gasteiger partial charge in [0.15, 0.2) is 5.82 Å². The molecule has 0 spiro atoms. The molecule has 0 saturated carbocycles. The Labute approximate surface area is 107 Å². The Kier molecular flexibility index (Phi) is 3.48. The lowest BCUT2D eigenvalue weighted by Crippen LogP contribution is -2.28. The van der Waals surface area contributed by atoms with Gasteiger partial charge in [-0.1, -0.05) is 35.0 Å². The van der Waals surface area contributed by atoms with Crippen molar-refractivity contribution in [3.05, 3.63) is 47.1 Å². The van der Waals surface area contributed by atoms with Gasteiger partial charge in [0.2, 0.25) is 5.89 Å². The first kappa shape index (κ1) is 12.8. The molecule has 1 aromatic carbocycles. The van der Waals surface area contributed by atoms with Crippen molar-refractivity contribution in [2.24, 2.45) is 5.73 Å². The summed E-state index contributed by atoms with van der Waals surface area (Å²) in [6.07, 6.45) is 0.686. The number of aryl methyl sites for hydroxylation is 1. The molecule has 96 valence electrons. The second-order valence-corrected chi connectivity index (χ2v) is 5.27. The molecule has 0 atom stereocenters. The van der Waals surface area contributed by atoms with E-state index in [-0.39, 0.29) is 5.41 Å². The normalized spacial score (nSPS) is 11.8. The fourth-order valence-electron chi connectivity index (χ4n) is 1.69. The van der Waals surface area contributed by atoms with Gasteiger partial charge in [-0.2, -0.15) is 4.98 Å². The molecule has 1 heterocycles. The number of rotatable bonds is 4. The van der Waals surface area contributed by atoms with Crippen LogP contribution in [0.15, 0.2) is 28.8 Å². The van der Waals surface area contributed by atoms with Gasteiger partial charge in [-0.15, -0.1) is 0 Å². The Hall–Kier alpha value is -1.68. The molecule has 4 heteroatoms. The van der Waals surface area contributed by atoms with Gasteiger partial charge in [0.05, 0.1) is 5.41 Å². The van der Waals surface area contributed by atoms with E-state index in [9.17, 15) is 0 Å². The molecule has 2 aromatic rings. The molecule has 2 rings (SSSR count). The van der Waals surface area contributed by atoms with Crippen molar-refractivity contribution in [1.82, 2.24) is 10.1 Å². The largest absolute Gasteiger partial charge is 0.339 e. The maximum Gasteiger partial charge on any atom is 0.233 e. The zero-order valence-electron chi connectivity index (χ0n) is 11.1. The lowest BCUT2D eigenvalue weighted by atomic mass is 9.94. The van der Waals surface area contributed by atoms with Crippen LogP contribution < -0.4 is 5.73 Å². The van der Waals surface area contributed by atoms with Gasteiger partial charge in [-0.3, -0.25) is 0 Å². The zero-order valence-corrected chi connectivity index (χ0v) is 11.1. The molecular formula is C14H19N3O. The van der Waals surface area contributed by atoms with E-state index in [1.807, 2.05) is 19.9 Å². The third kappa shape index (κ3) is 2.76. The maximum atomic E-state index is 5.69. The zero-order chi connectivity index (χ0) is 13.2. The van der Waals surface area contributed by atoms with Gasteiger partial charge in [-0.25, -0.2) is 0 Å². The minimum absolute atomic E-state index is 0.266. The van der Waals surface area contributed by atoms with Crippen LogP contribution in [0.4, 0.5) is 0 Å². The quantitative estimate of drug-likeness (QED) is 0.896. The highest BCUT2D eigenvalue weighted by molar-refractivity contribution is 5.24. The second kappa shape index (κ2) is 4.90. The number of hydrogen-bond donors (Lipinski definition) is 1. The van der Waals surface area contributed by atoms with Crippen LogP contribution in [0, 0.1) is 6.92 Å². The number of benzene rings is 1. The van der Waals surface area contributed by atoms with Crippen LogP contribution in [-0.4, -0.2) is 16.7 Å². The second-order valence-electron chi connectivity index (χ2n) is 5.27. The van der Waals surface area contributed by atoms with Gasteiger partial charge in [0, 0.05) is 13.0 Å². The number of aromatic nitrogens is 2. The molecule has 0 radical (unpaired) electrons. The van der Waals surface area contributed by atoms with Crippen LogP contribution in [0.5, 0.6) is 0 Å². The average Bonchev–Trinajstić information content (AvgIpc) is 2.78. The first-order valence-electron chi connectivity index (χ1n) is 6.10. The van der Waals surface area contributed by atoms with E-state index >= 15 is 0 Å². The van der Waals surface area contributed by atoms with Gasteiger partial charge >= 0.3 is 0 Å². The number of nitrogens with two attached hydrogens (primary N) is 1. The van der Waals surface area contributed by atoms with Crippen molar-refractivity contribution in [2.75, 3.05) is 6.54 Å². The maximum absolute atomic E-state index is 5.69. The molecule has 0 aliphatic carbocycles. The summed E-state index contributed by atoms with van der Waals surface area (Å²) in [5.41, 5.74) is 7.85. The van der Waals surface area contributed by atoms with Crippen LogP contribution in [0.3, 0.4) is 0 Å². The predicted octanol–water partition coefficient (Wildman–Crippen LogP) is 2.21. The van der Waals surface area contributed by atoms with Crippen LogP contribution in [0.25, 0.3) is 0 Å². The summed E-state index contributed by atoms with van der Waals surface area (Å²) >= 11 is 0. The summed E-state index contributed by atoms with van der Waals surface area (Å²) in [6, 6.07) is 8.30. The van der Waals surface area contributed by atoms with Crippen molar-refractivity contribution in [3.8, 4) is 0 Å². The minimum atomic E-state index is -0.266. The molecule has 0 unspecified atom stereocenters. The molecule has 1 aromatic heterocycles. The van der Waals surface area contributed by atoms with Crippen LogP contribution >= 0.6 is 0 Å². The first-order valence-corrected chi connectivity index (χ1v) is 6.10. The summed E-state index contributed by atoms with van der Waals surface area (Å²) in [4.78, 5) is 4.42. The van der Waals surface area contributed by atoms with Crippen molar-refractivity contribution in [1.29, 1.82) is 0 Å². The number of nitrogens with zero attached hydrogens (tertiary/aromatic N) is 2. The van der Waals surface area contributed by atoms with Crippen LogP contribution in [-0.2, 0) is 11.8 Å². The molecule has 0 bridgehead atoms. The lowest BCUT2D eigenvalue weighted by Gasteiger charge is -2.15. The Balaban J connectivity index is 2.16. The third-order valence-corrected chi connectivity index (χ3v) is 3.00. The monoisotopic (exact) mass is 245 g/mol. The summed E-state index contributed by atoms with van der Waals surface area (Å²) in [5.74, 6) is 1.31. The highest BCUT2D eigenvalue weighted by Crippen LogP contribution is 2.20. The van der Waals surface area contributed by atoms with Gasteiger partial charge in [0.25, 0.3) is 0 Å². The molecule has 0 fully saturated rings. The van der Waals surface area contributed by atoms with E-state index < -0.39 is 0 Å². The topological polar surface area (TPSA) is 64.9 Å². The third-order valence-electron chi connectivity index (χ3n) is 3.00. The highest BCUT2D eigenvalue weighted by atomic mass is 16.5. The van der Waals surface area contributed by atoms with Crippen LogP contribution in [0.2, 0.25) is 0 Å². The van der Waals surface area contributed by atoms with Crippen molar-refractivity contribution in [3.63, 3.8) is 0 Å². The number of hydrogen-bond acceptors (Lipinski definition) is 4. The Morgan fingerprint density at radius 1 is 1.33 bits per heavy atom. The predicted molar refractivity (Wildman–Crippen MR) is 70.4 cm³/mol. The molecule has 0 aliphatic rings. The van der Waals surface area contributed by atoms with Crippen molar-refractivity contribution in [2.45, 2.75) is 32.6 Å². The van der Waals surface area contributed by atoms with E-state index in [4.69, 9.17) is 10.3 Å². The lowest BCUT2D eigenvalue weighted by molar-refractivity contribution is 0.309. The SMILES string of the molecule is Cc1cccc(Cc2noc(C(C)(C)CN)n2)c1. The van der Waals surface area contributed by atoms with Gasteiger partial charge in [-0.05, 0) is 26.3 Å². The van der Waals surface area contributed by atoms with E-state index in [0.29, 0.717) is 24.7 Å². The summed E-state index contributed by atoms with van der Waals surface area (Å²) in [7, 11) is 0. The van der Waals surface area contributed by atoms with Crippen molar-refractivity contribution >= 4 is 0 Å². The first-order chi connectivity index (χ1) is 8.51. The fourth-order valence-corrected chi connectivity index (χ4v) is 1.69. The summed E-state index contributed by atoms with van der Waals surface area (Å²) < 4.78 is 5.28. The Morgan fingerprint density at radius 2 is 2.11 bits per heavy atom. The average molecular weight is 245 g/mol. The molecule has 0 saturated heterocycles. The Morgan fingerprint density at radius 3 is 2.78 bits per heavy atom. The summed E-state index contributed by atoms with van der Waals surface area (Å²) in [5, 5.41) is 4.01. The van der Waals surface area contributed by atoms with Crippen LogP contribution in [0.1, 0.15) is 36.7 Å². The minimum Gasteiger partial charge on any atom is -0.339 e. The Bertz CT molecular complexity index is 531. The molecule has 4 nitrogen and oxygen atoms in total. The molecule has 0 amide bonds. The van der Waals surface area contributed by atoms with Crippen molar-refractivity contribution < 1.29 is 4.52 Å². The van der Waals surface area contributed by atoms with E-state index in [2.05, 4.69) is 35.3 Å². The highest BCUT2D eigenvalue weighted by Gasteiger charge is 2.25. The molecule has 2 N–H and O–H groups in total. The summed E-state index contributed by atoms with van der Waals surface area (Å²) in [6.45, 7) is 6.55. The molecule has 0 aliphatic heterocycles. The van der Waals surface area contributed by atoms with Gasteiger partial charge < -0.3 is 10.3 Å². The fraction of sp³-hybridized carbons (Fsp3) is 0.429. The van der Waals surface area contributed by atoms with E-state index in [1.54, 1.807) is 0 Å². The smallest absolute Gasteiger partial charge is 0.233 e. The molecular weight excluding hydrogens is 226 g/mol.